The second-order valence-corrected chi connectivity index (χ2v) is 7.55. The van der Waals surface area contributed by atoms with E-state index in [1.807, 2.05) is 0 Å². The highest BCUT2D eigenvalue weighted by Crippen LogP contribution is 2.42. The Morgan fingerprint density at radius 3 is 1.81 bits per heavy atom. The SMILES string of the molecule is O=Cc1ncc(-c2ccc(Cl)c(Cl)c2Cl)cc1-c1ccc(Cl)c(Cl)c1Cl. The standard InChI is InChI=1S/C18H7Cl6NO/c19-12-3-1-9(15(21)17(12)23)8-5-11(14(7-26)25-6-8)10-2-4-13(20)18(24)16(10)22/h1-7H. The molecule has 0 radical (unpaired) electrons. The molecule has 0 saturated heterocycles. The summed E-state index contributed by atoms with van der Waals surface area (Å²) in [4.78, 5) is 15.6. The van der Waals surface area contributed by atoms with Gasteiger partial charge in [0.1, 0.15) is 5.69 Å². The van der Waals surface area contributed by atoms with Gasteiger partial charge in [-0.2, -0.15) is 0 Å². The van der Waals surface area contributed by atoms with E-state index in [9.17, 15) is 4.79 Å². The lowest BCUT2D eigenvalue weighted by Crippen LogP contribution is -1.95. The molecule has 2 aromatic carbocycles. The predicted octanol–water partition coefficient (Wildman–Crippen LogP) is 8.15. The van der Waals surface area contributed by atoms with Crippen molar-refractivity contribution in [2.45, 2.75) is 0 Å². The average Bonchev–Trinajstić information content (AvgIpc) is 2.64. The quantitative estimate of drug-likeness (QED) is 0.288. The molecule has 132 valence electrons. The van der Waals surface area contributed by atoms with Crippen molar-refractivity contribution in [2.24, 2.45) is 0 Å². The van der Waals surface area contributed by atoms with E-state index in [4.69, 9.17) is 69.6 Å². The molecular formula is C18H7Cl6NO. The Morgan fingerprint density at radius 2 is 1.23 bits per heavy atom. The van der Waals surface area contributed by atoms with Gasteiger partial charge < -0.3 is 0 Å². The molecule has 0 atom stereocenters. The number of nitrogens with zero attached hydrogens (tertiary/aromatic N) is 1. The Morgan fingerprint density at radius 1 is 0.692 bits per heavy atom. The molecule has 2 nitrogen and oxygen atoms in total. The molecule has 3 rings (SSSR count). The number of carbonyl (C=O) groups is 1. The predicted molar refractivity (Wildman–Crippen MR) is 111 cm³/mol. The van der Waals surface area contributed by atoms with Crippen LogP contribution in [0.1, 0.15) is 10.5 Å². The highest BCUT2D eigenvalue weighted by molar-refractivity contribution is 6.50. The van der Waals surface area contributed by atoms with Crippen LogP contribution in [0, 0.1) is 0 Å². The van der Waals surface area contributed by atoms with E-state index >= 15 is 0 Å². The lowest BCUT2D eigenvalue weighted by atomic mass is 9.99. The van der Waals surface area contributed by atoms with Gasteiger partial charge in [-0.1, -0.05) is 81.7 Å². The van der Waals surface area contributed by atoms with Gasteiger partial charge >= 0.3 is 0 Å². The Bertz CT molecular complexity index is 1030. The fourth-order valence-corrected chi connectivity index (χ4v) is 3.70. The Hall–Kier alpha value is -1.000. The van der Waals surface area contributed by atoms with Crippen molar-refractivity contribution in [3.63, 3.8) is 0 Å². The molecule has 0 spiro atoms. The number of aromatic nitrogens is 1. The second-order valence-electron chi connectivity index (χ2n) is 5.22. The number of aldehydes is 1. The smallest absolute Gasteiger partial charge is 0.169 e. The maximum absolute atomic E-state index is 11.4. The first-order valence-electron chi connectivity index (χ1n) is 7.08. The first kappa shape index (κ1) is 19.8. The molecule has 0 fully saturated rings. The third-order valence-corrected chi connectivity index (χ3v) is 6.29. The molecule has 0 aliphatic rings. The molecule has 0 aliphatic heterocycles. The maximum atomic E-state index is 11.4. The number of hydrogen-bond acceptors (Lipinski definition) is 2. The van der Waals surface area contributed by atoms with Gasteiger partial charge in [0.25, 0.3) is 0 Å². The molecule has 8 heteroatoms. The summed E-state index contributed by atoms with van der Waals surface area (Å²) >= 11 is 36.8. The molecule has 1 heterocycles. The van der Waals surface area contributed by atoms with Crippen molar-refractivity contribution < 1.29 is 4.79 Å². The summed E-state index contributed by atoms with van der Waals surface area (Å²) in [7, 11) is 0. The minimum atomic E-state index is 0.195. The fourth-order valence-electron chi connectivity index (χ4n) is 2.42. The third-order valence-electron chi connectivity index (χ3n) is 3.70. The minimum Gasteiger partial charge on any atom is -0.296 e. The zero-order valence-electron chi connectivity index (χ0n) is 12.7. The molecule has 3 aromatic rings. The van der Waals surface area contributed by atoms with E-state index in [1.54, 1.807) is 30.3 Å². The molecule has 26 heavy (non-hydrogen) atoms. The van der Waals surface area contributed by atoms with E-state index in [2.05, 4.69) is 4.98 Å². The van der Waals surface area contributed by atoms with Gasteiger partial charge in [-0.25, -0.2) is 0 Å². The monoisotopic (exact) mass is 463 g/mol. The van der Waals surface area contributed by atoms with Crippen LogP contribution < -0.4 is 0 Å². The van der Waals surface area contributed by atoms with Crippen molar-refractivity contribution in [3.05, 3.63) is 72.4 Å². The van der Waals surface area contributed by atoms with Crippen LogP contribution >= 0.6 is 69.6 Å². The first-order valence-corrected chi connectivity index (χ1v) is 9.35. The van der Waals surface area contributed by atoms with Gasteiger partial charge in [-0.15, -0.1) is 0 Å². The van der Waals surface area contributed by atoms with E-state index < -0.39 is 0 Å². The molecule has 0 aliphatic carbocycles. The molecule has 0 unspecified atom stereocenters. The zero-order chi connectivity index (χ0) is 19.0. The zero-order valence-corrected chi connectivity index (χ0v) is 17.2. The number of rotatable bonds is 3. The maximum Gasteiger partial charge on any atom is 0.169 e. The summed E-state index contributed by atoms with van der Waals surface area (Å²) in [6, 6.07) is 8.34. The third kappa shape index (κ3) is 3.55. The summed E-state index contributed by atoms with van der Waals surface area (Å²) in [5, 5.41) is 1.59. The van der Waals surface area contributed by atoms with Crippen LogP contribution in [0.5, 0.6) is 0 Å². The van der Waals surface area contributed by atoms with Crippen molar-refractivity contribution >= 4 is 75.9 Å². The van der Waals surface area contributed by atoms with Crippen LogP contribution in [0.2, 0.25) is 30.1 Å². The second kappa shape index (κ2) is 7.93. The molecular weight excluding hydrogens is 459 g/mol. The number of hydrogen-bond donors (Lipinski definition) is 0. The Labute approximate surface area is 179 Å². The Balaban J connectivity index is 2.25. The summed E-state index contributed by atoms with van der Waals surface area (Å²) in [5.74, 6) is 0. The number of carbonyl (C=O) groups excluding carboxylic acids is 1. The van der Waals surface area contributed by atoms with Crippen LogP contribution in [0.15, 0.2) is 36.5 Å². The molecule has 0 N–H and O–H groups in total. The summed E-state index contributed by atoms with van der Waals surface area (Å²) in [5.41, 5.74) is 2.46. The fraction of sp³-hybridized carbons (Fsp3) is 0. The van der Waals surface area contributed by atoms with E-state index in [-0.39, 0.29) is 25.8 Å². The van der Waals surface area contributed by atoms with Crippen LogP contribution in [0.25, 0.3) is 22.3 Å². The van der Waals surface area contributed by atoms with Crippen LogP contribution in [-0.2, 0) is 0 Å². The van der Waals surface area contributed by atoms with Crippen molar-refractivity contribution in [3.8, 4) is 22.3 Å². The van der Waals surface area contributed by atoms with Gasteiger partial charge in [-0.05, 0) is 18.2 Å². The molecule has 1 aromatic heterocycles. The summed E-state index contributed by atoms with van der Waals surface area (Å²) < 4.78 is 0. The van der Waals surface area contributed by atoms with Gasteiger partial charge in [0, 0.05) is 28.5 Å². The molecule has 0 bridgehead atoms. The normalized spacial score (nSPS) is 10.8. The van der Waals surface area contributed by atoms with Crippen LogP contribution in [0.4, 0.5) is 0 Å². The average molecular weight is 466 g/mol. The summed E-state index contributed by atoms with van der Waals surface area (Å²) in [6.07, 6.45) is 2.15. The van der Waals surface area contributed by atoms with Crippen LogP contribution in [0.3, 0.4) is 0 Å². The largest absolute Gasteiger partial charge is 0.296 e. The van der Waals surface area contributed by atoms with Crippen molar-refractivity contribution in [2.75, 3.05) is 0 Å². The van der Waals surface area contributed by atoms with E-state index in [1.165, 1.54) is 6.20 Å². The number of halogens is 6. The molecule has 0 amide bonds. The van der Waals surface area contributed by atoms with Gasteiger partial charge in [-0.3, -0.25) is 9.78 Å². The number of pyridine rings is 1. The summed E-state index contributed by atoms with van der Waals surface area (Å²) in [6.45, 7) is 0. The topological polar surface area (TPSA) is 30.0 Å². The van der Waals surface area contributed by atoms with Crippen LogP contribution in [-0.4, -0.2) is 11.3 Å². The van der Waals surface area contributed by atoms with Crippen molar-refractivity contribution in [1.29, 1.82) is 0 Å². The number of benzene rings is 2. The minimum absolute atomic E-state index is 0.195. The van der Waals surface area contributed by atoms with Gasteiger partial charge in [0.2, 0.25) is 0 Å². The Kier molecular flexibility index (Phi) is 6.03. The van der Waals surface area contributed by atoms with Gasteiger partial charge in [0.05, 0.1) is 30.1 Å². The lowest BCUT2D eigenvalue weighted by Gasteiger charge is -2.13. The van der Waals surface area contributed by atoms with Gasteiger partial charge in [0.15, 0.2) is 6.29 Å². The highest BCUT2D eigenvalue weighted by Gasteiger charge is 2.17. The molecule has 0 saturated carbocycles. The first-order chi connectivity index (χ1) is 12.3. The highest BCUT2D eigenvalue weighted by atomic mass is 35.5. The van der Waals surface area contributed by atoms with Crippen molar-refractivity contribution in [1.82, 2.24) is 4.98 Å². The van der Waals surface area contributed by atoms with E-state index in [0.29, 0.717) is 38.6 Å². The van der Waals surface area contributed by atoms with E-state index in [0.717, 1.165) is 0 Å². The lowest BCUT2D eigenvalue weighted by molar-refractivity contribution is 0.111.